The van der Waals surface area contributed by atoms with E-state index in [0.29, 0.717) is 23.5 Å². The number of aromatic nitrogens is 2. The van der Waals surface area contributed by atoms with E-state index in [1.807, 2.05) is 6.92 Å². The molecule has 0 fully saturated rings. The van der Waals surface area contributed by atoms with E-state index < -0.39 is 4.92 Å². The first-order valence-corrected chi connectivity index (χ1v) is 6.56. The van der Waals surface area contributed by atoms with Crippen LogP contribution in [0.4, 0.5) is 11.4 Å². The number of nitro groups is 1. The molecule has 0 aliphatic heterocycles. The predicted molar refractivity (Wildman–Crippen MR) is 79.6 cm³/mol. The number of para-hydroxylation sites is 1. The standard InChI is InChI=1S/C14H16N4O3/c1-3-15-14-11(5-4-6-12(14)18(20)21)8-17-9-16-10(2)7-13(17)19/h4-7,9,15H,3,8H2,1-2H3. The third-order valence-electron chi connectivity index (χ3n) is 3.04. The molecular formula is C14H16N4O3. The highest BCUT2D eigenvalue weighted by atomic mass is 16.6. The summed E-state index contributed by atoms with van der Waals surface area (Å²) in [6.45, 7) is 4.39. The van der Waals surface area contributed by atoms with Gasteiger partial charge in [0.15, 0.2) is 0 Å². The molecule has 0 atom stereocenters. The predicted octanol–water partition coefficient (Wildman–Crippen LogP) is 1.94. The number of nitrogens with one attached hydrogen (secondary N) is 1. The zero-order valence-electron chi connectivity index (χ0n) is 11.9. The molecule has 0 bridgehead atoms. The molecule has 1 heterocycles. The minimum Gasteiger partial charge on any atom is -0.379 e. The van der Waals surface area contributed by atoms with E-state index in [0.717, 1.165) is 0 Å². The zero-order valence-corrected chi connectivity index (χ0v) is 11.9. The van der Waals surface area contributed by atoms with Crippen LogP contribution in [0.5, 0.6) is 0 Å². The van der Waals surface area contributed by atoms with Crippen molar-refractivity contribution in [2.45, 2.75) is 20.4 Å². The second-order valence-electron chi connectivity index (χ2n) is 4.60. The molecule has 7 nitrogen and oxygen atoms in total. The number of hydrogen-bond acceptors (Lipinski definition) is 5. The van der Waals surface area contributed by atoms with Gasteiger partial charge in [0, 0.05) is 29.9 Å². The summed E-state index contributed by atoms with van der Waals surface area (Å²) in [7, 11) is 0. The normalized spacial score (nSPS) is 10.4. The molecular weight excluding hydrogens is 272 g/mol. The molecule has 0 radical (unpaired) electrons. The SMILES string of the molecule is CCNc1c(Cn2cnc(C)cc2=O)cccc1[N+](=O)[O-]. The van der Waals surface area contributed by atoms with Crippen molar-refractivity contribution in [3.8, 4) is 0 Å². The van der Waals surface area contributed by atoms with Gasteiger partial charge in [0.05, 0.1) is 17.8 Å². The van der Waals surface area contributed by atoms with Crippen molar-refractivity contribution in [2.24, 2.45) is 0 Å². The highest BCUT2D eigenvalue weighted by Crippen LogP contribution is 2.28. The third-order valence-corrected chi connectivity index (χ3v) is 3.04. The number of aryl methyl sites for hydroxylation is 1. The van der Waals surface area contributed by atoms with Crippen LogP contribution in [0.3, 0.4) is 0 Å². The van der Waals surface area contributed by atoms with Gasteiger partial charge in [-0.1, -0.05) is 12.1 Å². The van der Waals surface area contributed by atoms with Crippen molar-refractivity contribution in [1.29, 1.82) is 0 Å². The minimum absolute atomic E-state index is 0.00229. The Balaban J connectivity index is 2.46. The number of rotatable bonds is 5. The summed E-state index contributed by atoms with van der Waals surface area (Å²) in [5.74, 6) is 0. The van der Waals surface area contributed by atoms with E-state index in [4.69, 9.17) is 0 Å². The fourth-order valence-electron chi connectivity index (χ4n) is 2.07. The van der Waals surface area contributed by atoms with Crippen molar-refractivity contribution < 1.29 is 4.92 Å². The summed E-state index contributed by atoms with van der Waals surface area (Å²) in [6, 6.07) is 6.25. The Kier molecular flexibility index (Phi) is 4.32. The highest BCUT2D eigenvalue weighted by Gasteiger charge is 2.17. The summed E-state index contributed by atoms with van der Waals surface area (Å²) < 4.78 is 1.42. The highest BCUT2D eigenvalue weighted by molar-refractivity contribution is 5.66. The topological polar surface area (TPSA) is 90.1 Å². The number of nitro benzene ring substituents is 1. The molecule has 1 N–H and O–H groups in total. The van der Waals surface area contributed by atoms with Gasteiger partial charge in [0.25, 0.3) is 11.2 Å². The minimum atomic E-state index is -0.433. The Morgan fingerprint density at radius 1 is 1.43 bits per heavy atom. The Bertz CT molecular complexity index is 724. The van der Waals surface area contributed by atoms with Gasteiger partial charge in [-0.2, -0.15) is 0 Å². The lowest BCUT2D eigenvalue weighted by molar-refractivity contribution is -0.384. The van der Waals surface area contributed by atoms with Crippen molar-refractivity contribution in [1.82, 2.24) is 9.55 Å². The van der Waals surface area contributed by atoms with E-state index in [1.54, 1.807) is 19.1 Å². The molecule has 0 saturated heterocycles. The molecule has 0 aliphatic carbocycles. The first-order chi connectivity index (χ1) is 10.0. The van der Waals surface area contributed by atoms with Crippen molar-refractivity contribution in [3.63, 3.8) is 0 Å². The van der Waals surface area contributed by atoms with Gasteiger partial charge >= 0.3 is 0 Å². The molecule has 1 aromatic carbocycles. The van der Waals surface area contributed by atoms with Crippen LogP contribution in [0, 0.1) is 17.0 Å². The maximum Gasteiger partial charge on any atom is 0.292 e. The Morgan fingerprint density at radius 2 is 2.19 bits per heavy atom. The van der Waals surface area contributed by atoms with E-state index in [9.17, 15) is 14.9 Å². The Hall–Kier alpha value is -2.70. The smallest absolute Gasteiger partial charge is 0.292 e. The lowest BCUT2D eigenvalue weighted by Crippen LogP contribution is -2.21. The number of nitrogens with zero attached hydrogens (tertiary/aromatic N) is 3. The van der Waals surface area contributed by atoms with Crippen LogP contribution in [0.15, 0.2) is 35.4 Å². The lowest BCUT2D eigenvalue weighted by atomic mass is 10.1. The second kappa shape index (κ2) is 6.17. The molecule has 0 amide bonds. The fourth-order valence-corrected chi connectivity index (χ4v) is 2.07. The van der Waals surface area contributed by atoms with Gasteiger partial charge in [0.2, 0.25) is 0 Å². The summed E-state index contributed by atoms with van der Waals surface area (Å²) >= 11 is 0. The molecule has 0 aliphatic rings. The van der Waals surface area contributed by atoms with Crippen LogP contribution in [-0.4, -0.2) is 21.0 Å². The summed E-state index contributed by atoms with van der Waals surface area (Å²) in [4.78, 5) is 26.6. The number of hydrogen-bond donors (Lipinski definition) is 1. The maximum atomic E-state index is 11.9. The first kappa shape index (κ1) is 14.7. The maximum absolute atomic E-state index is 11.9. The van der Waals surface area contributed by atoms with Crippen molar-refractivity contribution in [2.75, 3.05) is 11.9 Å². The molecule has 0 saturated carbocycles. The summed E-state index contributed by atoms with van der Waals surface area (Å²) in [6.07, 6.45) is 1.45. The van der Waals surface area contributed by atoms with Crippen LogP contribution in [0.1, 0.15) is 18.2 Å². The van der Waals surface area contributed by atoms with Crippen molar-refractivity contribution >= 4 is 11.4 Å². The molecule has 21 heavy (non-hydrogen) atoms. The monoisotopic (exact) mass is 288 g/mol. The third kappa shape index (κ3) is 3.25. The molecule has 0 unspecified atom stereocenters. The summed E-state index contributed by atoms with van der Waals surface area (Å²) in [5.41, 5.74) is 1.58. The van der Waals surface area contributed by atoms with Gasteiger partial charge in [-0.3, -0.25) is 19.5 Å². The zero-order chi connectivity index (χ0) is 15.4. The number of benzene rings is 1. The quantitative estimate of drug-likeness (QED) is 0.670. The van der Waals surface area contributed by atoms with Crippen LogP contribution < -0.4 is 10.9 Å². The molecule has 1 aromatic heterocycles. The fraction of sp³-hybridized carbons (Fsp3) is 0.286. The summed E-state index contributed by atoms with van der Waals surface area (Å²) in [5, 5.41) is 14.1. The van der Waals surface area contributed by atoms with E-state index in [1.165, 1.54) is 23.0 Å². The molecule has 2 rings (SSSR count). The molecule has 0 spiro atoms. The first-order valence-electron chi connectivity index (χ1n) is 6.56. The van der Waals surface area contributed by atoms with Gasteiger partial charge in [-0.25, -0.2) is 4.98 Å². The van der Waals surface area contributed by atoms with Gasteiger partial charge in [-0.15, -0.1) is 0 Å². The lowest BCUT2D eigenvalue weighted by Gasteiger charge is -2.12. The van der Waals surface area contributed by atoms with Gasteiger partial charge in [-0.05, 0) is 13.8 Å². The van der Waals surface area contributed by atoms with Crippen LogP contribution in [0.2, 0.25) is 0 Å². The molecule has 110 valence electrons. The van der Waals surface area contributed by atoms with Crippen molar-refractivity contribution in [3.05, 3.63) is 62.3 Å². The van der Waals surface area contributed by atoms with E-state index in [2.05, 4.69) is 10.3 Å². The van der Waals surface area contributed by atoms with Gasteiger partial charge < -0.3 is 5.32 Å². The van der Waals surface area contributed by atoms with Crippen LogP contribution in [-0.2, 0) is 6.54 Å². The van der Waals surface area contributed by atoms with Gasteiger partial charge in [0.1, 0.15) is 5.69 Å². The Labute approximate surface area is 121 Å². The van der Waals surface area contributed by atoms with E-state index in [-0.39, 0.29) is 17.8 Å². The number of anilines is 1. The largest absolute Gasteiger partial charge is 0.379 e. The second-order valence-corrected chi connectivity index (χ2v) is 4.60. The van der Waals surface area contributed by atoms with E-state index >= 15 is 0 Å². The molecule has 2 aromatic rings. The average molecular weight is 288 g/mol. The van der Waals surface area contributed by atoms with Crippen LogP contribution >= 0.6 is 0 Å². The molecule has 7 heteroatoms. The average Bonchev–Trinajstić information content (AvgIpc) is 2.43. The Morgan fingerprint density at radius 3 is 2.81 bits per heavy atom. The van der Waals surface area contributed by atoms with Crippen LogP contribution in [0.25, 0.3) is 0 Å².